The topological polar surface area (TPSA) is 75.8 Å². The van der Waals surface area contributed by atoms with Crippen LogP contribution in [-0.4, -0.2) is 40.2 Å². The summed E-state index contributed by atoms with van der Waals surface area (Å²) < 4.78 is 19.4. The number of nitro groups is 1. The minimum absolute atomic E-state index is 0.0155. The van der Waals surface area contributed by atoms with E-state index in [4.69, 9.17) is 4.74 Å². The molecule has 0 aromatic heterocycles. The van der Waals surface area contributed by atoms with Crippen LogP contribution in [0, 0.1) is 15.9 Å². The summed E-state index contributed by atoms with van der Waals surface area (Å²) in [7, 11) is 0. The first kappa shape index (κ1) is 18.3. The first-order chi connectivity index (χ1) is 12.5. The van der Waals surface area contributed by atoms with E-state index in [2.05, 4.69) is 4.90 Å². The van der Waals surface area contributed by atoms with E-state index in [-0.39, 0.29) is 18.1 Å². The Morgan fingerprint density at radius 3 is 2.73 bits per heavy atom. The summed E-state index contributed by atoms with van der Waals surface area (Å²) in [6, 6.07) is 12.8. The molecule has 0 radical (unpaired) electrons. The minimum Gasteiger partial charge on any atom is -0.491 e. The predicted octanol–water partition coefficient (Wildman–Crippen LogP) is 3.14. The van der Waals surface area contributed by atoms with Crippen LogP contribution in [0.1, 0.15) is 18.4 Å². The van der Waals surface area contributed by atoms with Crippen LogP contribution >= 0.6 is 0 Å². The molecule has 138 valence electrons. The van der Waals surface area contributed by atoms with Crippen molar-refractivity contribution in [3.8, 4) is 5.75 Å². The molecule has 26 heavy (non-hydrogen) atoms. The molecule has 0 aliphatic heterocycles. The van der Waals surface area contributed by atoms with Gasteiger partial charge >= 0.3 is 0 Å². The minimum atomic E-state index is -0.776. The highest BCUT2D eigenvalue weighted by Crippen LogP contribution is 2.29. The zero-order valence-electron chi connectivity index (χ0n) is 14.3. The average Bonchev–Trinajstić information content (AvgIpc) is 3.46. The summed E-state index contributed by atoms with van der Waals surface area (Å²) in [4.78, 5) is 12.3. The first-order valence-corrected chi connectivity index (χ1v) is 8.55. The van der Waals surface area contributed by atoms with Crippen molar-refractivity contribution < 1.29 is 19.2 Å². The standard InChI is InChI=1S/C19H21FN2O4/c20-19-7-2-1-4-14(19)11-21(15-8-9-15)12-17(23)13-26-18-6-3-5-16(10-18)22(24)25/h1-7,10,15,17,23H,8-9,11-13H2. The van der Waals surface area contributed by atoms with E-state index >= 15 is 0 Å². The lowest BCUT2D eigenvalue weighted by Crippen LogP contribution is -2.37. The van der Waals surface area contributed by atoms with Gasteiger partial charge in [0, 0.05) is 30.8 Å². The second kappa shape index (κ2) is 8.25. The van der Waals surface area contributed by atoms with E-state index in [1.165, 1.54) is 24.3 Å². The Balaban J connectivity index is 1.55. The van der Waals surface area contributed by atoms with Crippen molar-refractivity contribution in [3.63, 3.8) is 0 Å². The highest BCUT2D eigenvalue weighted by Gasteiger charge is 2.30. The van der Waals surface area contributed by atoms with Crippen molar-refractivity contribution in [2.45, 2.75) is 31.5 Å². The van der Waals surface area contributed by atoms with Gasteiger partial charge in [0.15, 0.2) is 0 Å². The number of hydrogen-bond acceptors (Lipinski definition) is 5. The van der Waals surface area contributed by atoms with Crippen molar-refractivity contribution in [3.05, 3.63) is 70.0 Å². The third kappa shape index (κ3) is 5.00. The van der Waals surface area contributed by atoms with Crippen LogP contribution in [0.5, 0.6) is 5.75 Å². The fourth-order valence-electron chi connectivity index (χ4n) is 2.83. The van der Waals surface area contributed by atoms with E-state index < -0.39 is 11.0 Å². The number of hydrogen-bond donors (Lipinski definition) is 1. The number of halogens is 1. The lowest BCUT2D eigenvalue weighted by atomic mass is 10.2. The number of ether oxygens (including phenoxy) is 1. The summed E-state index contributed by atoms with van der Waals surface area (Å²) in [6.45, 7) is 0.806. The van der Waals surface area contributed by atoms with Gasteiger partial charge in [0.05, 0.1) is 11.0 Å². The Kier molecular flexibility index (Phi) is 5.80. The van der Waals surface area contributed by atoms with Gasteiger partial charge in [-0.3, -0.25) is 15.0 Å². The number of nitrogens with zero attached hydrogens (tertiary/aromatic N) is 2. The SMILES string of the molecule is O=[N+]([O-])c1cccc(OCC(O)CN(Cc2ccccc2F)C2CC2)c1. The summed E-state index contributed by atoms with van der Waals surface area (Å²) >= 11 is 0. The van der Waals surface area contributed by atoms with Gasteiger partial charge in [-0.05, 0) is 25.0 Å². The maximum atomic E-state index is 13.9. The molecular weight excluding hydrogens is 339 g/mol. The van der Waals surface area contributed by atoms with Crippen LogP contribution in [-0.2, 0) is 6.54 Å². The van der Waals surface area contributed by atoms with Crippen LogP contribution in [0.15, 0.2) is 48.5 Å². The van der Waals surface area contributed by atoms with Crippen LogP contribution in [0.25, 0.3) is 0 Å². The Bertz CT molecular complexity index is 767. The van der Waals surface area contributed by atoms with E-state index in [9.17, 15) is 19.6 Å². The predicted molar refractivity (Wildman–Crippen MR) is 94.4 cm³/mol. The van der Waals surface area contributed by atoms with Crippen LogP contribution in [0.2, 0.25) is 0 Å². The molecule has 1 unspecified atom stereocenters. The zero-order chi connectivity index (χ0) is 18.5. The quantitative estimate of drug-likeness (QED) is 0.549. The number of non-ortho nitro benzene ring substituents is 1. The largest absolute Gasteiger partial charge is 0.491 e. The van der Waals surface area contributed by atoms with Crippen LogP contribution < -0.4 is 4.74 Å². The molecule has 1 aliphatic rings. The van der Waals surface area contributed by atoms with E-state index in [0.717, 1.165) is 12.8 Å². The number of aliphatic hydroxyl groups excluding tert-OH is 1. The summed E-state index contributed by atoms with van der Waals surface area (Å²) in [6.07, 6.45) is 1.29. The molecule has 0 saturated heterocycles. The van der Waals surface area contributed by atoms with Crippen molar-refractivity contribution in [1.29, 1.82) is 0 Å². The Morgan fingerprint density at radius 1 is 1.27 bits per heavy atom. The number of nitro benzene ring substituents is 1. The van der Waals surface area contributed by atoms with Crippen molar-refractivity contribution in [1.82, 2.24) is 4.90 Å². The molecular formula is C19H21FN2O4. The first-order valence-electron chi connectivity index (χ1n) is 8.55. The highest BCUT2D eigenvalue weighted by molar-refractivity contribution is 5.37. The lowest BCUT2D eigenvalue weighted by Gasteiger charge is -2.25. The summed E-state index contributed by atoms with van der Waals surface area (Å²) in [5.41, 5.74) is 0.544. The molecule has 1 fully saturated rings. The van der Waals surface area contributed by atoms with Gasteiger partial charge in [0.25, 0.3) is 5.69 Å². The Morgan fingerprint density at radius 2 is 2.04 bits per heavy atom. The Labute approximate surface area is 151 Å². The van der Waals surface area contributed by atoms with Crippen molar-refractivity contribution >= 4 is 5.69 Å². The van der Waals surface area contributed by atoms with E-state index in [1.807, 2.05) is 0 Å². The van der Waals surface area contributed by atoms with Gasteiger partial charge in [-0.1, -0.05) is 24.3 Å². The maximum absolute atomic E-state index is 13.9. The third-order valence-electron chi connectivity index (χ3n) is 4.31. The fraction of sp³-hybridized carbons (Fsp3) is 0.368. The maximum Gasteiger partial charge on any atom is 0.273 e. The van der Waals surface area contributed by atoms with Gasteiger partial charge < -0.3 is 9.84 Å². The number of rotatable bonds is 9. The third-order valence-corrected chi connectivity index (χ3v) is 4.31. The van der Waals surface area contributed by atoms with Gasteiger partial charge in [-0.15, -0.1) is 0 Å². The molecule has 7 heteroatoms. The molecule has 2 aromatic carbocycles. The van der Waals surface area contributed by atoms with E-state index in [1.54, 1.807) is 24.3 Å². The van der Waals surface area contributed by atoms with Crippen molar-refractivity contribution in [2.75, 3.05) is 13.2 Å². The molecule has 1 saturated carbocycles. The molecule has 3 rings (SSSR count). The molecule has 6 nitrogen and oxygen atoms in total. The van der Waals surface area contributed by atoms with Gasteiger partial charge in [0.2, 0.25) is 0 Å². The van der Waals surface area contributed by atoms with Crippen molar-refractivity contribution in [2.24, 2.45) is 0 Å². The molecule has 0 heterocycles. The second-order valence-corrected chi connectivity index (χ2v) is 6.47. The fourth-order valence-corrected chi connectivity index (χ4v) is 2.83. The van der Waals surface area contributed by atoms with E-state index in [0.29, 0.717) is 30.4 Å². The Hall–Kier alpha value is -2.51. The molecule has 0 spiro atoms. The molecule has 1 aliphatic carbocycles. The summed E-state index contributed by atoms with van der Waals surface area (Å²) in [5.74, 6) is 0.0887. The normalized spacial score (nSPS) is 15.0. The number of aliphatic hydroxyl groups is 1. The highest BCUT2D eigenvalue weighted by atomic mass is 19.1. The molecule has 1 atom stereocenters. The van der Waals surface area contributed by atoms with Crippen LogP contribution in [0.3, 0.4) is 0 Å². The molecule has 1 N–H and O–H groups in total. The van der Waals surface area contributed by atoms with Gasteiger partial charge in [0.1, 0.15) is 24.3 Å². The monoisotopic (exact) mass is 360 g/mol. The lowest BCUT2D eigenvalue weighted by molar-refractivity contribution is -0.384. The molecule has 0 amide bonds. The molecule has 0 bridgehead atoms. The molecule has 2 aromatic rings. The zero-order valence-corrected chi connectivity index (χ0v) is 14.3. The smallest absolute Gasteiger partial charge is 0.273 e. The second-order valence-electron chi connectivity index (χ2n) is 6.47. The average molecular weight is 360 g/mol. The van der Waals surface area contributed by atoms with Gasteiger partial charge in [-0.2, -0.15) is 0 Å². The van der Waals surface area contributed by atoms with Gasteiger partial charge in [-0.25, -0.2) is 4.39 Å². The summed E-state index contributed by atoms with van der Waals surface area (Å²) in [5, 5.41) is 21.1. The van der Waals surface area contributed by atoms with Crippen LogP contribution in [0.4, 0.5) is 10.1 Å². The number of benzene rings is 2.